The highest BCUT2D eigenvalue weighted by molar-refractivity contribution is 6.13. The standard InChI is InChI=1S/C18H11FN2O2/c19-12-8-9-14-16(10-12)23-21-17(14)18(22)20-15-7-3-5-11-4-1-2-6-13(11)15/h1-10H,(H,20,22). The van der Waals surface area contributed by atoms with Crippen LogP contribution in [0.15, 0.2) is 65.2 Å². The van der Waals surface area contributed by atoms with E-state index in [1.54, 1.807) is 0 Å². The van der Waals surface area contributed by atoms with E-state index >= 15 is 0 Å². The molecule has 1 heterocycles. The number of rotatable bonds is 2. The van der Waals surface area contributed by atoms with Crippen LogP contribution in [0.5, 0.6) is 0 Å². The van der Waals surface area contributed by atoms with E-state index in [4.69, 9.17) is 4.52 Å². The lowest BCUT2D eigenvalue weighted by molar-refractivity contribution is 0.102. The highest BCUT2D eigenvalue weighted by Crippen LogP contribution is 2.25. The Morgan fingerprint density at radius 1 is 1.00 bits per heavy atom. The van der Waals surface area contributed by atoms with Gasteiger partial charge in [-0.3, -0.25) is 4.79 Å². The molecule has 0 aliphatic rings. The average molecular weight is 306 g/mol. The van der Waals surface area contributed by atoms with Crippen LogP contribution in [0.2, 0.25) is 0 Å². The second kappa shape index (κ2) is 5.21. The third-order valence-corrected chi connectivity index (χ3v) is 3.69. The Labute approximate surface area is 130 Å². The molecule has 0 unspecified atom stereocenters. The summed E-state index contributed by atoms with van der Waals surface area (Å²) in [7, 11) is 0. The van der Waals surface area contributed by atoms with E-state index in [0.29, 0.717) is 11.1 Å². The summed E-state index contributed by atoms with van der Waals surface area (Å²) in [5.74, 6) is -0.832. The topological polar surface area (TPSA) is 55.1 Å². The zero-order valence-corrected chi connectivity index (χ0v) is 11.9. The first kappa shape index (κ1) is 13.5. The number of benzene rings is 3. The van der Waals surface area contributed by atoms with Gasteiger partial charge in [-0.15, -0.1) is 0 Å². The molecule has 23 heavy (non-hydrogen) atoms. The summed E-state index contributed by atoms with van der Waals surface area (Å²) in [4.78, 5) is 12.5. The number of hydrogen-bond donors (Lipinski definition) is 1. The lowest BCUT2D eigenvalue weighted by atomic mass is 10.1. The van der Waals surface area contributed by atoms with Crippen LogP contribution in [0.25, 0.3) is 21.7 Å². The first-order valence-electron chi connectivity index (χ1n) is 7.06. The quantitative estimate of drug-likeness (QED) is 0.598. The number of amides is 1. The van der Waals surface area contributed by atoms with Crippen LogP contribution in [0.3, 0.4) is 0 Å². The van der Waals surface area contributed by atoms with Gasteiger partial charge in [-0.1, -0.05) is 41.6 Å². The van der Waals surface area contributed by atoms with Gasteiger partial charge in [0.1, 0.15) is 5.82 Å². The number of carbonyl (C=O) groups is 1. The molecule has 0 spiro atoms. The number of nitrogens with one attached hydrogen (secondary N) is 1. The molecular weight excluding hydrogens is 295 g/mol. The van der Waals surface area contributed by atoms with Crippen molar-refractivity contribution in [2.24, 2.45) is 0 Å². The van der Waals surface area contributed by atoms with Gasteiger partial charge in [0.15, 0.2) is 11.3 Å². The molecule has 4 aromatic rings. The van der Waals surface area contributed by atoms with Gasteiger partial charge < -0.3 is 9.84 Å². The molecule has 4 nitrogen and oxygen atoms in total. The van der Waals surface area contributed by atoms with Crippen molar-refractivity contribution in [3.63, 3.8) is 0 Å². The highest BCUT2D eigenvalue weighted by atomic mass is 19.1. The summed E-state index contributed by atoms with van der Waals surface area (Å²) < 4.78 is 18.2. The number of carbonyl (C=O) groups excluding carboxylic acids is 1. The van der Waals surface area contributed by atoms with E-state index in [9.17, 15) is 9.18 Å². The minimum Gasteiger partial charge on any atom is -0.355 e. The SMILES string of the molecule is O=C(Nc1cccc2ccccc12)c1noc2cc(F)ccc12. The maximum absolute atomic E-state index is 13.2. The van der Waals surface area contributed by atoms with E-state index in [1.165, 1.54) is 18.2 Å². The third kappa shape index (κ3) is 2.32. The van der Waals surface area contributed by atoms with Crippen LogP contribution in [0.1, 0.15) is 10.5 Å². The van der Waals surface area contributed by atoms with Gasteiger partial charge in [0, 0.05) is 17.1 Å². The van der Waals surface area contributed by atoms with Gasteiger partial charge in [0.25, 0.3) is 5.91 Å². The molecule has 0 atom stereocenters. The van der Waals surface area contributed by atoms with Crippen LogP contribution in [-0.4, -0.2) is 11.1 Å². The van der Waals surface area contributed by atoms with Crippen LogP contribution in [-0.2, 0) is 0 Å². The van der Waals surface area contributed by atoms with E-state index in [2.05, 4.69) is 10.5 Å². The van der Waals surface area contributed by atoms with Crippen molar-refractivity contribution in [3.8, 4) is 0 Å². The van der Waals surface area contributed by atoms with Gasteiger partial charge in [0.2, 0.25) is 0 Å². The van der Waals surface area contributed by atoms with Gasteiger partial charge >= 0.3 is 0 Å². The van der Waals surface area contributed by atoms with Crippen molar-refractivity contribution < 1.29 is 13.7 Å². The molecule has 0 aliphatic heterocycles. The molecule has 1 N–H and O–H groups in total. The Balaban J connectivity index is 1.74. The number of aromatic nitrogens is 1. The zero-order valence-electron chi connectivity index (χ0n) is 11.9. The number of halogens is 1. The van der Waals surface area contributed by atoms with Crippen molar-refractivity contribution in [3.05, 3.63) is 72.2 Å². The average Bonchev–Trinajstić information content (AvgIpc) is 2.98. The highest BCUT2D eigenvalue weighted by Gasteiger charge is 2.17. The predicted molar refractivity (Wildman–Crippen MR) is 85.9 cm³/mol. The minimum absolute atomic E-state index is 0.132. The Morgan fingerprint density at radius 2 is 1.83 bits per heavy atom. The Hall–Kier alpha value is -3.21. The van der Waals surface area contributed by atoms with Crippen LogP contribution < -0.4 is 5.32 Å². The molecule has 0 fully saturated rings. The minimum atomic E-state index is -0.435. The van der Waals surface area contributed by atoms with Gasteiger partial charge in [0.05, 0.1) is 5.39 Å². The summed E-state index contributed by atoms with van der Waals surface area (Å²) in [6.07, 6.45) is 0. The van der Waals surface area contributed by atoms with Crippen molar-refractivity contribution in [2.75, 3.05) is 5.32 Å². The van der Waals surface area contributed by atoms with Crippen LogP contribution >= 0.6 is 0 Å². The number of anilines is 1. The number of nitrogens with zero attached hydrogens (tertiary/aromatic N) is 1. The summed E-state index contributed by atoms with van der Waals surface area (Å²) >= 11 is 0. The lowest BCUT2D eigenvalue weighted by Crippen LogP contribution is -2.12. The first-order valence-corrected chi connectivity index (χ1v) is 7.06. The Morgan fingerprint density at radius 3 is 2.74 bits per heavy atom. The summed E-state index contributed by atoms with van der Waals surface area (Å²) in [5.41, 5.74) is 1.06. The molecule has 0 saturated carbocycles. The van der Waals surface area contributed by atoms with Crippen LogP contribution in [0.4, 0.5) is 10.1 Å². The normalized spacial score (nSPS) is 11.0. The van der Waals surface area contributed by atoms with E-state index in [-0.39, 0.29) is 11.3 Å². The maximum Gasteiger partial charge on any atom is 0.278 e. The number of hydrogen-bond acceptors (Lipinski definition) is 3. The van der Waals surface area contributed by atoms with Crippen molar-refractivity contribution in [1.29, 1.82) is 0 Å². The van der Waals surface area contributed by atoms with Crippen molar-refractivity contribution >= 4 is 33.3 Å². The first-order chi connectivity index (χ1) is 11.2. The smallest absolute Gasteiger partial charge is 0.278 e. The van der Waals surface area contributed by atoms with E-state index < -0.39 is 11.7 Å². The molecule has 1 aromatic heterocycles. The third-order valence-electron chi connectivity index (χ3n) is 3.69. The van der Waals surface area contributed by atoms with Gasteiger partial charge in [-0.25, -0.2) is 4.39 Å². The van der Waals surface area contributed by atoms with Gasteiger partial charge in [-0.05, 0) is 23.6 Å². The van der Waals surface area contributed by atoms with E-state index in [0.717, 1.165) is 10.8 Å². The zero-order chi connectivity index (χ0) is 15.8. The molecular formula is C18H11FN2O2. The fraction of sp³-hybridized carbons (Fsp3) is 0. The fourth-order valence-corrected chi connectivity index (χ4v) is 2.59. The largest absolute Gasteiger partial charge is 0.355 e. The molecule has 0 bridgehead atoms. The monoisotopic (exact) mass is 306 g/mol. The maximum atomic E-state index is 13.2. The molecule has 4 rings (SSSR count). The molecule has 0 aliphatic carbocycles. The number of fused-ring (bicyclic) bond motifs is 2. The summed E-state index contributed by atoms with van der Waals surface area (Å²) in [5, 5.41) is 9.03. The summed E-state index contributed by atoms with van der Waals surface area (Å²) in [6, 6.07) is 17.4. The molecule has 0 radical (unpaired) electrons. The van der Waals surface area contributed by atoms with Crippen LogP contribution in [0, 0.1) is 5.82 Å². The Kier molecular flexibility index (Phi) is 3.05. The molecule has 3 aromatic carbocycles. The molecule has 0 saturated heterocycles. The van der Waals surface area contributed by atoms with Gasteiger partial charge in [-0.2, -0.15) is 0 Å². The Bertz CT molecular complexity index is 1030. The lowest BCUT2D eigenvalue weighted by Gasteiger charge is -2.07. The van der Waals surface area contributed by atoms with Crippen molar-refractivity contribution in [2.45, 2.75) is 0 Å². The fourth-order valence-electron chi connectivity index (χ4n) is 2.59. The molecule has 112 valence electrons. The predicted octanol–water partition coefficient (Wildman–Crippen LogP) is 4.37. The van der Waals surface area contributed by atoms with Crippen molar-refractivity contribution in [1.82, 2.24) is 5.16 Å². The molecule has 1 amide bonds. The molecule has 5 heteroatoms. The van der Waals surface area contributed by atoms with E-state index in [1.807, 2.05) is 42.5 Å². The second-order valence-electron chi connectivity index (χ2n) is 5.15. The summed E-state index contributed by atoms with van der Waals surface area (Å²) in [6.45, 7) is 0. The second-order valence-corrected chi connectivity index (χ2v) is 5.15.